The van der Waals surface area contributed by atoms with Crippen LogP contribution in [0.4, 0.5) is 11.6 Å². The second-order valence-electron chi connectivity index (χ2n) is 6.69. The van der Waals surface area contributed by atoms with E-state index in [0.29, 0.717) is 23.9 Å². The third-order valence-corrected chi connectivity index (χ3v) is 4.62. The van der Waals surface area contributed by atoms with Crippen LogP contribution >= 0.6 is 0 Å². The molecular formula is C22H22N4O2. The molecule has 0 bridgehead atoms. The van der Waals surface area contributed by atoms with E-state index in [1.165, 1.54) is 0 Å². The highest BCUT2D eigenvalue weighted by atomic mass is 16.5. The van der Waals surface area contributed by atoms with E-state index in [4.69, 9.17) is 4.74 Å². The minimum Gasteiger partial charge on any atom is -0.489 e. The Hall–Kier alpha value is -3.41. The lowest BCUT2D eigenvalue weighted by Crippen LogP contribution is -2.22. The summed E-state index contributed by atoms with van der Waals surface area (Å²) in [5, 5.41) is 2.87. The molecule has 0 atom stereocenters. The van der Waals surface area contributed by atoms with Crippen LogP contribution in [-0.4, -0.2) is 29.0 Å². The van der Waals surface area contributed by atoms with Gasteiger partial charge in [0, 0.05) is 25.0 Å². The average Bonchev–Trinajstić information content (AvgIpc) is 3.29. The minimum absolute atomic E-state index is 0.249. The molecule has 3 aromatic rings. The third-order valence-electron chi connectivity index (χ3n) is 4.62. The van der Waals surface area contributed by atoms with Crippen molar-refractivity contribution in [1.82, 2.24) is 9.97 Å². The molecule has 6 nitrogen and oxygen atoms in total. The molecule has 1 aliphatic rings. The zero-order valence-electron chi connectivity index (χ0n) is 15.5. The van der Waals surface area contributed by atoms with Crippen LogP contribution in [-0.2, 0) is 6.61 Å². The summed E-state index contributed by atoms with van der Waals surface area (Å²) in [6.07, 6.45) is 3.91. The molecule has 0 radical (unpaired) electrons. The third kappa shape index (κ3) is 4.46. The predicted octanol–water partition coefficient (Wildman–Crippen LogP) is 3.91. The van der Waals surface area contributed by atoms with E-state index in [9.17, 15) is 4.79 Å². The highest BCUT2D eigenvalue weighted by Crippen LogP contribution is 2.19. The molecule has 28 heavy (non-hydrogen) atoms. The van der Waals surface area contributed by atoms with Gasteiger partial charge in [-0.2, -0.15) is 0 Å². The Morgan fingerprint density at radius 2 is 1.75 bits per heavy atom. The Labute approximate surface area is 164 Å². The van der Waals surface area contributed by atoms with Gasteiger partial charge in [-0.05, 0) is 48.7 Å². The number of anilines is 2. The first kappa shape index (κ1) is 18.0. The molecule has 1 aliphatic heterocycles. The lowest BCUT2D eigenvalue weighted by molar-refractivity contribution is 0.102. The van der Waals surface area contributed by atoms with Gasteiger partial charge in [-0.1, -0.05) is 30.3 Å². The van der Waals surface area contributed by atoms with Crippen molar-refractivity contribution < 1.29 is 9.53 Å². The number of carbonyl (C=O) groups excluding carboxylic acids is 1. The van der Waals surface area contributed by atoms with E-state index in [0.717, 1.165) is 37.2 Å². The summed E-state index contributed by atoms with van der Waals surface area (Å²) in [6, 6.07) is 18.9. The normalized spacial score (nSPS) is 13.4. The SMILES string of the molecule is O=C(Nc1ccc(OCc2ccccc2)cc1)c1ccnc(N2CCCC2)n1. The fraction of sp³-hybridized carbons (Fsp3) is 0.227. The van der Waals surface area contributed by atoms with Crippen molar-refractivity contribution in [1.29, 1.82) is 0 Å². The smallest absolute Gasteiger partial charge is 0.274 e. The van der Waals surface area contributed by atoms with E-state index in [1.807, 2.05) is 54.6 Å². The number of nitrogens with zero attached hydrogens (tertiary/aromatic N) is 3. The van der Waals surface area contributed by atoms with Gasteiger partial charge in [0.25, 0.3) is 5.91 Å². The largest absolute Gasteiger partial charge is 0.489 e. The fourth-order valence-corrected chi connectivity index (χ4v) is 3.11. The maximum atomic E-state index is 12.5. The molecule has 1 saturated heterocycles. The first-order valence-electron chi connectivity index (χ1n) is 9.44. The van der Waals surface area contributed by atoms with Gasteiger partial charge in [-0.25, -0.2) is 9.97 Å². The summed E-state index contributed by atoms with van der Waals surface area (Å²) in [5.41, 5.74) is 2.16. The second kappa shape index (κ2) is 8.52. The van der Waals surface area contributed by atoms with Crippen LogP contribution in [0.2, 0.25) is 0 Å². The van der Waals surface area contributed by atoms with Gasteiger partial charge in [-0.15, -0.1) is 0 Å². The monoisotopic (exact) mass is 374 g/mol. The van der Waals surface area contributed by atoms with Crippen molar-refractivity contribution in [3.63, 3.8) is 0 Å². The average molecular weight is 374 g/mol. The van der Waals surface area contributed by atoms with E-state index in [2.05, 4.69) is 20.2 Å². The van der Waals surface area contributed by atoms with Crippen molar-refractivity contribution in [2.75, 3.05) is 23.3 Å². The number of benzene rings is 2. The molecule has 1 N–H and O–H groups in total. The van der Waals surface area contributed by atoms with Crippen LogP contribution in [0.15, 0.2) is 66.9 Å². The van der Waals surface area contributed by atoms with E-state index in [1.54, 1.807) is 12.3 Å². The van der Waals surface area contributed by atoms with Crippen LogP contribution < -0.4 is 15.0 Å². The number of hydrogen-bond donors (Lipinski definition) is 1. The van der Waals surface area contributed by atoms with Crippen LogP contribution in [0.1, 0.15) is 28.9 Å². The number of amides is 1. The maximum absolute atomic E-state index is 12.5. The zero-order valence-corrected chi connectivity index (χ0v) is 15.5. The molecule has 1 aromatic heterocycles. The van der Waals surface area contributed by atoms with Gasteiger partial charge >= 0.3 is 0 Å². The molecule has 4 rings (SSSR count). The number of nitrogens with one attached hydrogen (secondary N) is 1. The van der Waals surface area contributed by atoms with Gasteiger partial charge < -0.3 is 15.0 Å². The summed E-state index contributed by atoms with van der Waals surface area (Å²) < 4.78 is 5.77. The highest BCUT2D eigenvalue weighted by Gasteiger charge is 2.17. The molecule has 0 aliphatic carbocycles. The molecule has 0 unspecified atom stereocenters. The summed E-state index contributed by atoms with van der Waals surface area (Å²) in [6.45, 7) is 2.39. The van der Waals surface area contributed by atoms with Gasteiger partial charge in [0.15, 0.2) is 0 Å². The van der Waals surface area contributed by atoms with E-state index in [-0.39, 0.29) is 5.91 Å². The Morgan fingerprint density at radius 1 is 1.00 bits per heavy atom. The molecule has 1 amide bonds. The van der Waals surface area contributed by atoms with Crippen LogP contribution in [0.3, 0.4) is 0 Å². The Balaban J connectivity index is 1.36. The molecule has 0 spiro atoms. The van der Waals surface area contributed by atoms with Crippen LogP contribution in [0, 0.1) is 0 Å². The van der Waals surface area contributed by atoms with Crippen LogP contribution in [0.25, 0.3) is 0 Å². The Kier molecular flexibility index (Phi) is 5.47. The molecule has 2 aromatic carbocycles. The summed E-state index contributed by atoms with van der Waals surface area (Å²) in [7, 11) is 0. The highest BCUT2D eigenvalue weighted by molar-refractivity contribution is 6.03. The van der Waals surface area contributed by atoms with Gasteiger partial charge in [0.2, 0.25) is 5.95 Å². The number of hydrogen-bond acceptors (Lipinski definition) is 5. The summed E-state index contributed by atoms with van der Waals surface area (Å²) >= 11 is 0. The lowest BCUT2D eigenvalue weighted by atomic mass is 10.2. The number of ether oxygens (including phenoxy) is 1. The molecule has 6 heteroatoms. The van der Waals surface area contributed by atoms with E-state index < -0.39 is 0 Å². The zero-order chi connectivity index (χ0) is 19.2. The van der Waals surface area contributed by atoms with Crippen LogP contribution in [0.5, 0.6) is 5.75 Å². The quantitative estimate of drug-likeness (QED) is 0.709. The Morgan fingerprint density at radius 3 is 2.50 bits per heavy atom. The maximum Gasteiger partial charge on any atom is 0.274 e. The number of rotatable bonds is 6. The van der Waals surface area contributed by atoms with Gasteiger partial charge in [0.05, 0.1) is 0 Å². The van der Waals surface area contributed by atoms with Crippen molar-refractivity contribution >= 4 is 17.5 Å². The molecular weight excluding hydrogens is 352 g/mol. The molecule has 1 fully saturated rings. The van der Waals surface area contributed by atoms with Crippen molar-refractivity contribution in [3.8, 4) is 5.75 Å². The second-order valence-corrected chi connectivity index (χ2v) is 6.69. The van der Waals surface area contributed by atoms with Crippen molar-refractivity contribution in [2.24, 2.45) is 0 Å². The minimum atomic E-state index is -0.249. The molecule has 2 heterocycles. The topological polar surface area (TPSA) is 67.3 Å². The van der Waals surface area contributed by atoms with E-state index >= 15 is 0 Å². The molecule has 0 saturated carbocycles. The standard InChI is InChI=1S/C22H22N4O2/c27-21(20-12-13-23-22(25-20)26-14-4-5-15-26)24-18-8-10-19(11-9-18)28-16-17-6-2-1-3-7-17/h1-3,6-13H,4-5,14-16H2,(H,24,27). The van der Waals surface area contributed by atoms with Gasteiger partial charge in [-0.3, -0.25) is 4.79 Å². The van der Waals surface area contributed by atoms with Crippen molar-refractivity contribution in [2.45, 2.75) is 19.4 Å². The fourth-order valence-electron chi connectivity index (χ4n) is 3.11. The first-order chi connectivity index (χ1) is 13.8. The summed E-state index contributed by atoms with van der Waals surface area (Å²) in [4.78, 5) is 23.3. The molecule has 142 valence electrons. The first-order valence-corrected chi connectivity index (χ1v) is 9.44. The lowest BCUT2D eigenvalue weighted by Gasteiger charge is -2.15. The number of aromatic nitrogens is 2. The van der Waals surface area contributed by atoms with Crippen molar-refractivity contribution in [3.05, 3.63) is 78.1 Å². The summed E-state index contributed by atoms with van der Waals surface area (Å²) in [5.74, 6) is 1.12. The Bertz CT molecular complexity index is 923. The van der Waals surface area contributed by atoms with Gasteiger partial charge in [0.1, 0.15) is 18.1 Å². The predicted molar refractivity (Wildman–Crippen MR) is 109 cm³/mol. The number of carbonyl (C=O) groups is 1.